The molecular weight excluding hydrogens is 346 g/mol. The Morgan fingerprint density at radius 1 is 1.38 bits per heavy atom. The van der Waals surface area contributed by atoms with E-state index in [1.165, 1.54) is 29.8 Å². The summed E-state index contributed by atoms with van der Waals surface area (Å²) in [5.41, 5.74) is 1.38. The van der Waals surface area contributed by atoms with Gasteiger partial charge in [0.15, 0.2) is 0 Å². The number of carbonyl (C=O) groups is 2. The lowest BCUT2D eigenvalue weighted by Crippen LogP contribution is -2.32. The number of amides is 1. The van der Waals surface area contributed by atoms with Crippen LogP contribution in [-0.4, -0.2) is 34.5 Å². The minimum absolute atomic E-state index is 0.190. The van der Waals surface area contributed by atoms with Gasteiger partial charge in [0.25, 0.3) is 0 Å². The minimum Gasteiger partial charge on any atom is -0.477 e. The van der Waals surface area contributed by atoms with Crippen LogP contribution in [0.3, 0.4) is 0 Å². The van der Waals surface area contributed by atoms with Gasteiger partial charge in [-0.1, -0.05) is 37.1 Å². The average Bonchev–Trinajstić information content (AvgIpc) is 3.21. The van der Waals surface area contributed by atoms with Crippen LogP contribution in [0, 0.1) is 0 Å². The number of nitrogens with zero attached hydrogens (tertiary/aromatic N) is 1. The summed E-state index contributed by atoms with van der Waals surface area (Å²) in [6.07, 6.45) is 13.1. The smallest absolute Gasteiger partial charge is 0.345 e. The molecule has 2 rings (SSSR count). The fourth-order valence-electron chi connectivity index (χ4n) is 3.18. The molecule has 1 aromatic heterocycles. The van der Waals surface area contributed by atoms with E-state index >= 15 is 0 Å². The third-order valence-electron chi connectivity index (χ3n) is 4.71. The van der Waals surface area contributed by atoms with E-state index in [2.05, 4.69) is 32.1 Å². The highest BCUT2D eigenvalue weighted by atomic mass is 32.1. The van der Waals surface area contributed by atoms with E-state index in [1.807, 2.05) is 11.0 Å². The van der Waals surface area contributed by atoms with Gasteiger partial charge in [-0.05, 0) is 51.2 Å². The number of hydrogen-bond acceptors (Lipinski definition) is 3. The second-order valence-corrected chi connectivity index (χ2v) is 8.04. The maximum absolute atomic E-state index is 12.2. The molecule has 0 radical (unpaired) electrons. The Labute approximate surface area is 160 Å². The molecule has 1 N–H and O–H groups in total. The molecule has 1 aromatic rings. The van der Waals surface area contributed by atoms with Crippen LogP contribution < -0.4 is 0 Å². The van der Waals surface area contributed by atoms with Gasteiger partial charge in [-0.15, -0.1) is 11.3 Å². The van der Waals surface area contributed by atoms with E-state index in [4.69, 9.17) is 5.11 Å². The van der Waals surface area contributed by atoms with E-state index in [9.17, 15) is 9.59 Å². The van der Waals surface area contributed by atoms with Crippen molar-refractivity contribution in [2.45, 2.75) is 64.8 Å². The maximum Gasteiger partial charge on any atom is 0.345 e. The summed E-state index contributed by atoms with van der Waals surface area (Å²) in [6, 6.07) is 3.72. The van der Waals surface area contributed by atoms with Crippen molar-refractivity contribution >= 4 is 23.2 Å². The van der Waals surface area contributed by atoms with Crippen LogP contribution in [0.5, 0.6) is 0 Å². The van der Waals surface area contributed by atoms with E-state index in [1.54, 1.807) is 6.07 Å². The number of carboxylic acids is 1. The number of allylic oxidation sites excluding steroid dienone is 3. The summed E-state index contributed by atoms with van der Waals surface area (Å²) in [5, 5.41) is 8.98. The van der Waals surface area contributed by atoms with Gasteiger partial charge in [0.05, 0.1) is 6.04 Å². The van der Waals surface area contributed by atoms with Crippen molar-refractivity contribution < 1.29 is 14.7 Å². The Bertz CT molecular complexity index is 675. The lowest BCUT2D eigenvalue weighted by atomic mass is 10.1. The Balaban J connectivity index is 1.83. The average molecular weight is 376 g/mol. The summed E-state index contributed by atoms with van der Waals surface area (Å²) in [6.45, 7) is 5.08. The first-order chi connectivity index (χ1) is 12.5. The van der Waals surface area contributed by atoms with Crippen LogP contribution in [0.4, 0.5) is 0 Å². The second kappa shape index (κ2) is 10.3. The molecule has 0 aliphatic carbocycles. The lowest BCUT2D eigenvalue weighted by Gasteiger charge is -2.22. The largest absolute Gasteiger partial charge is 0.477 e. The number of carbonyl (C=O) groups excluding carboxylic acids is 1. The molecule has 1 aliphatic heterocycles. The number of aromatic carboxylic acids is 1. The molecule has 1 amide bonds. The highest BCUT2D eigenvalue weighted by Gasteiger charge is 2.28. The van der Waals surface area contributed by atoms with E-state index in [0.717, 1.165) is 37.1 Å². The number of carboxylic acid groups (broad SMARTS) is 1. The van der Waals surface area contributed by atoms with Gasteiger partial charge in [-0.3, -0.25) is 4.79 Å². The highest BCUT2D eigenvalue weighted by Crippen LogP contribution is 2.22. The molecule has 1 unspecified atom stereocenters. The van der Waals surface area contributed by atoms with Gasteiger partial charge >= 0.3 is 5.97 Å². The standard InChI is InChI=1S/C21H29NO3S/c1-3-4-7-16(2)8-5-9-17-11-14-20(23)22(17)15-6-10-18-12-13-19(26-18)21(24)25/h5,8-9,12-13,17H,3-4,6-7,10-11,14-15H2,1-2H3,(H,24,25). The molecule has 4 nitrogen and oxygen atoms in total. The van der Waals surface area contributed by atoms with Crippen molar-refractivity contribution in [2.75, 3.05) is 6.54 Å². The van der Waals surface area contributed by atoms with Gasteiger partial charge in [0.2, 0.25) is 5.91 Å². The summed E-state index contributed by atoms with van der Waals surface area (Å²) in [5.74, 6) is -0.646. The van der Waals surface area contributed by atoms with Crippen molar-refractivity contribution in [1.82, 2.24) is 4.90 Å². The molecule has 1 saturated heterocycles. The van der Waals surface area contributed by atoms with E-state index in [-0.39, 0.29) is 11.9 Å². The van der Waals surface area contributed by atoms with Gasteiger partial charge in [-0.2, -0.15) is 0 Å². The summed E-state index contributed by atoms with van der Waals surface area (Å²) in [7, 11) is 0. The first-order valence-corrected chi connectivity index (χ1v) is 10.3. The molecule has 0 bridgehead atoms. The molecule has 142 valence electrons. The normalized spacial score (nSPS) is 18.2. The number of unbranched alkanes of at least 4 members (excludes halogenated alkanes) is 1. The van der Waals surface area contributed by atoms with Gasteiger partial charge in [-0.25, -0.2) is 4.79 Å². The molecule has 1 fully saturated rings. The lowest BCUT2D eigenvalue weighted by molar-refractivity contribution is -0.128. The van der Waals surface area contributed by atoms with Crippen molar-refractivity contribution in [3.8, 4) is 0 Å². The monoisotopic (exact) mass is 375 g/mol. The SMILES string of the molecule is CCCCC(C)=CC=CC1CCC(=O)N1CCCc1ccc(C(=O)O)s1. The summed E-state index contributed by atoms with van der Waals surface area (Å²) < 4.78 is 0. The van der Waals surface area contributed by atoms with Gasteiger partial charge in [0.1, 0.15) is 4.88 Å². The van der Waals surface area contributed by atoms with Crippen LogP contribution in [0.1, 0.15) is 66.9 Å². The maximum atomic E-state index is 12.2. The minimum atomic E-state index is -0.872. The molecule has 1 aliphatic rings. The van der Waals surface area contributed by atoms with Crippen LogP contribution >= 0.6 is 11.3 Å². The second-order valence-electron chi connectivity index (χ2n) is 6.87. The zero-order valence-electron chi connectivity index (χ0n) is 15.7. The number of rotatable bonds is 10. The molecular formula is C21H29NO3S. The Morgan fingerprint density at radius 2 is 2.19 bits per heavy atom. The topological polar surface area (TPSA) is 57.6 Å². The van der Waals surface area contributed by atoms with Crippen LogP contribution in [-0.2, 0) is 11.2 Å². The number of likely N-dealkylation sites (tertiary alicyclic amines) is 1. The summed E-state index contributed by atoms with van der Waals surface area (Å²) >= 11 is 1.32. The molecule has 0 spiro atoms. The third kappa shape index (κ3) is 6.13. The van der Waals surface area contributed by atoms with Crippen LogP contribution in [0.2, 0.25) is 0 Å². The zero-order valence-corrected chi connectivity index (χ0v) is 16.6. The molecule has 1 atom stereocenters. The Kier molecular flexibility index (Phi) is 8.10. The zero-order chi connectivity index (χ0) is 18.9. The van der Waals surface area contributed by atoms with Gasteiger partial charge < -0.3 is 10.0 Å². The van der Waals surface area contributed by atoms with E-state index < -0.39 is 5.97 Å². The van der Waals surface area contributed by atoms with Crippen molar-refractivity contribution in [1.29, 1.82) is 0 Å². The first-order valence-electron chi connectivity index (χ1n) is 9.46. The molecule has 26 heavy (non-hydrogen) atoms. The highest BCUT2D eigenvalue weighted by molar-refractivity contribution is 7.13. The summed E-state index contributed by atoms with van der Waals surface area (Å²) in [4.78, 5) is 26.5. The molecule has 5 heteroatoms. The number of aryl methyl sites for hydroxylation is 1. The van der Waals surface area contributed by atoms with Crippen molar-refractivity contribution in [3.63, 3.8) is 0 Å². The van der Waals surface area contributed by atoms with Crippen molar-refractivity contribution in [3.05, 3.63) is 45.7 Å². The Morgan fingerprint density at radius 3 is 2.88 bits per heavy atom. The van der Waals surface area contributed by atoms with Crippen LogP contribution in [0.15, 0.2) is 35.9 Å². The first kappa shape index (κ1) is 20.4. The van der Waals surface area contributed by atoms with Crippen molar-refractivity contribution in [2.24, 2.45) is 0 Å². The predicted molar refractivity (Wildman–Crippen MR) is 107 cm³/mol. The van der Waals surface area contributed by atoms with Crippen LogP contribution in [0.25, 0.3) is 0 Å². The fraction of sp³-hybridized carbons (Fsp3) is 0.524. The number of hydrogen-bond donors (Lipinski definition) is 1. The third-order valence-corrected chi connectivity index (χ3v) is 5.84. The molecule has 2 heterocycles. The number of thiophene rings is 1. The Hall–Kier alpha value is -1.88. The van der Waals surface area contributed by atoms with Gasteiger partial charge in [0, 0.05) is 17.8 Å². The fourth-order valence-corrected chi connectivity index (χ4v) is 4.07. The molecule has 0 aromatic carbocycles. The van der Waals surface area contributed by atoms with E-state index in [0.29, 0.717) is 11.3 Å². The predicted octanol–water partition coefficient (Wildman–Crippen LogP) is 5.06. The molecule has 0 saturated carbocycles. The quantitative estimate of drug-likeness (QED) is 0.581.